The van der Waals surface area contributed by atoms with Gasteiger partial charge in [-0.1, -0.05) is 38.9 Å². The molecule has 0 spiro atoms. The van der Waals surface area contributed by atoms with Crippen LogP contribution in [-0.2, 0) is 37.1 Å². The van der Waals surface area contributed by atoms with Crippen molar-refractivity contribution < 1.29 is 35.9 Å². The highest BCUT2D eigenvalue weighted by Crippen LogP contribution is 2.42. The summed E-state index contributed by atoms with van der Waals surface area (Å²) >= 11 is 0. The first-order valence-corrected chi connectivity index (χ1v) is 14.9. The van der Waals surface area contributed by atoms with E-state index in [1.54, 1.807) is 9.80 Å². The van der Waals surface area contributed by atoms with Crippen molar-refractivity contribution in [3.05, 3.63) is 63.7 Å². The fraction of sp³-hybridized carbons (Fsp3) is 0.548. The standard InChI is InChI=1S/C31H38F6N6O2/c1-7-21-15-24-25(10-9-11-42(26(24)12-19(21)5)29(44)45-27(8-2)18(3)4)43(28-38-40-41(6)39-28)17-20-13-22(30(32,33)34)16-23(14-20)31(35,36)37/h12-16,18,25,27H,7-11,17H2,1-6H3/t25-,27?/m0/s1. The number of anilines is 2. The van der Waals surface area contributed by atoms with Crippen LogP contribution in [0.15, 0.2) is 30.3 Å². The highest BCUT2D eigenvalue weighted by Gasteiger charge is 2.38. The first kappa shape index (κ1) is 34.0. The lowest BCUT2D eigenvalue weighted by molar-refractivity contribution is -0.143. The number of tetrazole rings is 1. The third-order valence-corrected chi connectivity index (χ3v) is 8.12. The lowest BCUT2D eigenvalue weighted by Crippen LogP contribution is -2.36. The van der Waals surface area contributed by atoms with Crippen LogP contribution in [0.5, 0.6) is 0 Å². The molecule has 1 aliphatic heterocycles. The predicted molar refractivity (Wildman–Crippen MR) is 157 cm³/mol. The van der Waals surface area contributed by atoms with Crippen LogP contribution in [0.1, 0.15) is 86.4 Å². The Kier molecular flexibility index (Phi) is 10.0. The quantitative estimate of drug-likeness (QED) is 0.232. The molecule has 1 amide bonds. The Morgan fingerprint density at radius 3 is 2.20 bits per heavy atom. The smallest absolute Gasteiger partial charge is 0.416 e. The molecule has 3 aromatic rings. The number of nitrogens with zero attached hydrogens (tertiary/aromatic N) is 6. The molecule has 2 heterocycles. The topological polar surface area (TPSA) is 76.4 Å². The number of benzene rings is 2. The van der Waals surface area contributed by atoms with Crippen molar-refractivity contribution in [2.45, 2.75) is 91.3 Å². The largest absolute Gasteiger partial charge is 0.446 e. The molecule has 2 aromatic carbocycles. The van der Waals surface area contributed by atoms with Gasteiger partial charge in [-0.15, -0.1) is 5.10 Å². The van der Waals surface area contributed by atoms with Gasteiger partial charge in [0.15, 0.2) is 0 Å². The zero-order valence-electron chi connectivity index (χ0n) is 26.1. The van der Waals surface area contributed by atoms with E-state index in [4.69, 9.17) is 4.74 Å². The zero-order valence-corrected chi connectivity index (χ0v) is 26.1. The van der Waals surface area contributed by atoms with E-state index in [-0.39, 0.29) is 36.1 Å². The van der Waals surface area contributed by atoms with Crippen LogP contribution in [-0.4, -0.2) is 38.9 Å². The van der Waals surface area contributed by atoms with Gasteiger partial charge in [0.1, 0.15) is 6.10 Å². The molecular weight excluding hydrogens is 602 g/mol. The monoisotopic (exact) mass is 640 g/mol. The average Bonchev–Trinajstić information content (AvgIpc) is 3.31. The molecule has 14 heteroatoms. The molecule has 45 heavy (non-hydrogen) atoms. The Bertz CT molecular complexity index is 1470. The van der Waals surface area contributed by atoms with Crippen LogP contribution >= 0.6 is 0 Å². The van der Waals surface area contributed by atoms with Gasteiger partial charge in [-0.2, -0.15) is 31.1 Å². The second-order valence-electron chi connectivity index (χ2n) is 11.7. The third kappa shape index (κ3) is 7.70. The molecule has 0 radical (unpaired) electrons. The number of hydrogen-bond acceptors (Lipinski definition) is 6. The summed E-state index contributed by atoms with van der Waals surface area (Å²) < 4.78 is 88.4. The number of fused-ring (bicyclic) bond motifs is 1. The summed E-state index contributed by atoms with van der Waals surface area (Å²) in [5.41, 5.74) is 0.0978. The van der Waals surface area contributed by atoms with Gasteiger partial charge in [-0.3, -0.25) is 4.90 Å². The van der Waals surface area contributed by atoms with Gasteiger partial charge in [0, 0.05) is 13.1 Å². The summed E-state index contributed by atoms with van der Waals surface area (Å²) in [5, 5.41) is 12.3. The maximum absolute atomic E-state index is 13.7. The van der Waals surface area contributed by atoms with Crippen LogP contribution in [0.2, 0.25) is 0 Å². The van der Waals surface area contributed by atoms with E-state index >= 15 is 0 Å². The van der Waals surface area contributed by atoms with Gasteiger partial charge in [-0.05, 0) is 90.3 Å². The van der Waals surface area contributed by atoms with Crippen molar-refractivity contribution in [3.8, 4) is 0 Å². The zero-order chi connectivity index (χ0) is 33.3. The number of aromatic nitrogens is 4. The van der Waals surface area contributed by atoms with Crippen molar-refractivity contribution in [2.24, 2.45) is 13.0 Å². The molecule has 0 fully saturated rings. The number of hydrogen-bond donors (Lipinski definition) is 0. The molecule has 1 unspecified atom stereocenters. The molecule has 8 nitrogen and oxygen atoms in total. The third-order valence-electron chi connectivity index (χ3n) is 8.12. The van der Waals surface area contributed by atoms with Crippen LogP contribution in [0.3, 0.4) is 0 Å². The predicted octanol–water partition coefficient (Wildman–Crippen LogP) is 8.04. The van der Waals surface area contributed by atoms with E-state index in [2.05, 4.69) is 15.4 Å². The van der Waals surface area contributed by atoms with Crippen LogP contribution in [0.4, 0.5) is 42.8 Å². The highest BCUT2D eigenvalue weighted by molar-refractivity contribution is 5.89. The second-order valence-corrected chi connectivity index (χ2v) is 11.7. The number of amides is 1. The van der Waals surface area contributed by atoms with Gasteiger partial charge >= 0.3 is 18.4 Å². The lowest BCUT2D eigenvalue weighted by atomic mass is 9.93. The Morgan fingerprint density at radius 2 is 1.69 bits per heavy atom. The normalized spacial score (nSPS) is 16.4. The number of halogens is 6. The summed E-state index contributed by atoms with van der Waals surface area (Å²) in [6.07, 6.45) is -8.67. The van der Waals surface area contributed by atoms with Gasteiger partial charge < -0.3 is 9.64 Å². The van der Waals surface area contributed by atoms with Crippen LogP contribution in [0.25, 0.3) is 0 Å². The molecule has 0 bridgehead atoms. The molecule has 246 valence electrons. The van der Waals surface area contributed by atoms with Gasteiger partial charge in [-0.25, -0.2) is 4.79 Å². The number of aryl methyl sites for hydroxylation is 3. The van der Waals surface area contributed by atoms with Crippen LogP contribution < -0.4 is 9.80 Å². The average molecular weight is 641 g/mol. The van der Waals surface area contributed by atoms with Gasteiger partial charge in [0.05, 0.1) is 29.9 Å². The minimum Gasteiger partial charge on any atom is -0.446 e. The minimum atomic E-state index is -5.00. The van der Waals surface area contributed by atoms with E-state index < -0.39 is 35.6 Å². The summed E-state index contributed by atoms with van der Waals surface area (Å²) in [7, 11) is 1.51. The number of rotatable bonds is 8. The number of carbonyl (C=O) groups is 1. The van der Waals surface area contributed by atoms with Crippen molar-refractivity contribution in [1.29, 1.82) is 0 Å². The fourth-order valence-corrected chi connectivity index (χ4v) is 5.77. The van der Waals surface area contributed by atoms with E-state index in [0.29, 0.717) is 55.6 Å². The molecule has 2 atom stereocenters. The summed E-state index contributed by atoms with van der Waals surface area (Å²) in [4.78, 5) is 17.9. The highest BCUT2D eigenvalue weighted by atomic mass is 19.4. The molecule has 1 aromatic heterocycles. The van der Waals surface area contributed by atoms with E-state index in [1.165, 1.54) is 11.8 Å². The van der Waals surface area contributed by atoms with Crippen LogP contribution in [0, 0.1) is 12.8 Å². The Morgan fingerprint density at radius 1 is 1.04 bits per heavy atom. The van der Waals surface area contributed by atoms with E-state index in [1.807, 2.05) is 46.8 Å². The Labute approximate surface area is 258 Å². The molecule has 4 rings (SSSR count). The SMILES string of the molecule is CCc1cc2c(cc1C)N(C(=O)OC(CC)C(C)C)CCC[C@@H]2N(Cc1cc(C(F)(F)F)cc(C(F)(F)F)c1)c1nnn(C)n1. The number of ether oxygens (including phenoxy) is 1. The number of carbonyl (C=O) groups excluding carboxylic acids is 1. The van der Waals surface area contributed by atoms with E-state index in [9.17, 15) is 31.1 Å². The number of alkyl halides is 6. The second kappa shape index (κ2) is 13.3. The maximum Gasteiger partial charge on any atom is 0.416 e. The fourth-order valence-electron chi connectivity index (χ4n) is 5.77. The molecule has 0 N–H and O–H groups in total. The van der Waals surface area contributed by atoms with Gasteiger partial charge in [0.25, 0.3) is 5.95 Å². The summed E-state index contributed by atoms with van der Waals surface area (Å²) in [5.74, 6) is 0.120. The molecular formula is C31H38F6N6O2. The summed E-state index contributed by atoms with van der Waals surface area (Å²) in [6.45, 7) is 9.69. The first-order valence-electron chi connectivity index (χ1n) is 14.9. The minimum absolute atomic E-state index is 0.0277. The Balaban J connectivity index is 1.87. The Hall–Kier alpha value is -3.84. The molecule has 0 saturated carbocycles. The van der Waals surface area contributed by atoms with Crippen molar-refractivity contribution in [3.63, 3.8) is 0 Å². The van der Waals surface area contributed by atoms with E-state index in [0.717, 1.165) is 11.1 Å². The first-order chi connectivity index (χ1) is 21.0. The maximum atomic E-state index is 13.7. The molecule has 0 saturated heterocycles. The van der Waals surface area contributed by atoms with Crippen molar-refractivity contribution in [1.82, 2.24) is 20.2 Å². The lowest BCUT2D eigenvalue weighted by Gasteiger charge is -2.33. The molecule has 0 aliphatic carbocycles. The van der Waals surface area contributed by atoms with Crippen molar-refractivity contribution in [2.75, 3.05) is 16.3 Å². The van der Waals surface area contributed by atoms with Gasteiger partial charge in [0.2, 0.25) is 0 Å². The van der Waals surface area contributed by atoms with Crippen molar-refractivity contribution >= 4 is 17.7 Å². The molecule has 1 aliphatic rings. The summed E-state index contributed by atoms with van der Waals surface area (Å²) in [6, 6.07) is 4.74.